The van der Waals surface area contributed by atoms with Gasteiger partial charge in [0.25, 0.3) is 0 Å². The fourth-order valence-electron chi connectivity index (χ4n) is 1.43. The second kappa shape index (κ2) is 2.70. The van der Waals surface area contributed by atoms with Crippen molar-refractivity contribution in [2.24, 2.45) is 0 Å². The van der Waals surface area contributed by atoms with Gasteiger partial charge in [-0.2, -0.15) is 4.39 Å². The van der Waals surface area contributed by atoms with Gasteiger partial charge in [-0.15, -0.1) is 0 Å². The van der Waals surface area contributed by atoms with Crippen LogP contribution in [0, 0.1) is 0 Å². The Balaban J connectivity index is 2.43. The van der Waals surface area contributed by atoms with Gasteiger partial charge >= 0.3 is 6.04 Å². The Labute approximate surface area is 70.2 Å². The van der Waals surface area contributed by atoms with Gasteiger partial charge in [0.1, 0.15) is 0 Å². The number of hydrogen-bond donors (Lipinski definition) is 0. The Kier molecular flexibility index (Phi) is 1.68. The topological polar surface area (TPSA) is 17.1 Å². The van der Waals surface area contributed by atoms with Gasteiger partial charge in [-0.1, -0.05) is 18.2 Å². The molecule has 0 aliphatic heterocycles. The van der Waals surface area contributed by atoms with Crippen LogP contribution in [0.1, 0.15) is 34.7 Å². The summed E-state index contributed by atoms with van der Waals surface area (Å²) in [6.07, 6.45) is 2.18. The molecule has 1 aromatic carbocycles. The molecule has 1 fully saturated rings. The molecule has 1 aliphatic carbocycles. The van der Waals surface area contributed by atoms with Crippen LogP contribution in [0.3, 0.4) is 0 Å². The number of carbonyl (C=O) groups is 1. The summed E-state index contributed by atoms with van der Waals surface area (Å²) in [5.41, 5.74) is 1.13. The quantitative estimate of drug-likeness (QED) is 0.614. The fraction of sp³-hybridized carbons (Fsp3) is 0.300. The van der Waals surface area contributed by atoms with Crippen LogP contribution < -0.4 is 0 Å². The van der Waals surface area contributed by atoms with Crippen LogP contribution in [0.5, 0.6) is 0 Å². The molecule has 0 N–H and O–H groups in total. The first-order valence-corrected chi connectivity index (χ1v) is 4.08. The van der Waals surface area contributed by atoms with Crippen molar-refractivity contribution in [3.05, 3.63) is 35.4 Å². The molecule has 0 aromatic heterocycles. The van der Waals surface area contributed by atoms with E-state index in [1.165, 1.54) is 0 Å². The van der Waals surface area contributed by atoms with Crippen LogP contribution in [0.25, 0.3) is 0 Å². The SMILES string of the molecule is O=C(F)c1ccccc1C1CC1. The zero-order chi connectivity index (χ0) is 8.55. The Morgan fingerprint density at radius 1 is 1.33 bits per heavy atom. The predicted molar refractivity (Wildman–Crippen MR) is 43.9 cm³/mol. The molecule has 0 bridgehead atoms. The van der Waals surface area contributed by atoms with Crippen molar-refractivity contribution in [2.75, 3.05) is 0 Å². The lowest BCUT2D eigenvalue weighted by Gasteiger charge is -2.01. The van der Waals surface area contributed by atoms with Gasteiger partial charge in [0, 0.05) is 0 Å². The van der Waals surface area contributed by atoms with E-state index in [0.717, 1.165) is 18.4 Å². The molecular weight excluding hydrogens is 155 g/mol. The highest BCUT2D eigenvalue weighted by Gasteiger charge is 2.27. The summed E-state index contributed by atoms with van der Waals surface area (Å²) < 4.78 is 12.4. The van der Waals surface area contributed by atoms with E-state index in [4.69, 9.17) is 0 Å². The highest BCUT2D eigenvalue weighted by Crippen LogP contribution is 2.41. The monoisotopic (exact) mass is 164 g/mol. The van der Waals surface area contributed by atoms with Gasteiger partial charge in [0.15, 0.2) is 0 Å². The molecule has 1 aromatic rings. The standard InChI is InChI=1S/C10H9FO/c11-10(12)9-4-2-1-3-8(9)7-5-6-7/h1-4,7H,5-6H2. The molecule has 0 atom stereocenters. The molecular formula is C10H9FO. The third-order valence-electron chi connectivity index (χ3n) is 2.19. The average Bonchev–Trinajstić information content (AvgIpc) is 2.87. The number of carbonyl (C=O) groups excluding carboxylic acids is 1. The van der Waals surface area contributed by atoms with Crippen molar-refractivity contribution < 1.29 is 9.18 Å². The average molecular weight is 164 g/mol. The molecule has 0 spiro atoms. The normalized spacial score (nSPS) is 16.1. The number of halogens is 1. The first-order chi connectivity index (χ1) is 5.79. The lowest BCUT2D eigenvalue weighted by Crippen LogP contribution is -1.95. The summed E-state index contributed by atoms with van der Waals surface area (Å²) in [7, 11) is 0. The van der Waals surface area contributed by atoms with Crippen LogP contribution >= 0.6 is 0 Å². The van der Waals surface area contributed by atoms with Crippen molar-refractivity contribution in [1.82, 2.24) is 0 Å². The summed E-state index contributed by atoms with van der Waals surface area (Å²) >= 11 is 0. The molecule has 2 heteroatoms. The van der Waals surface area contributed by atoms with E-state index in [9.17, 15) is 9.18 Å². The zero-order valence-corrected chi connectivity index (χ0v) is 6.59. The van der Waals surface area contributed by atoms with Crippen molar-refractivity contribution >= 4 is 6.04 Å². The first-order valence-electron chi connectivity index (χ1n) is 4.08. The Bertz CT molecular complexity index is 315. The van der Waals surface area contributed by atoms with Gasteiger partial charge in [0.05, 0.1) is 5.56 Å². The molecule has 0 saturated heterocycles. The van der Waals surface area contributed by atoms with Crippen molar-refractivity contribution in [3.8, 4) is 0 Å². The van der Waals surface area contributed by atoms with E-state index >= 15 is 0 Å². The lowest BCUT2D eigenvalue weighted by atomic mass is 10.0. The van der Waals surface area contributed by atoms with Crippen molar-refractivity contribution in [2.45, 2.75) is 18.8 Å². The van der Waals surface area contributed by atoms with Crippen LogP contribution in [0.15, 0.2) is 24.3 Å². The van der Waals surface area contributed by atoms with E-state index in [-0.39, 0.29) is 5.56 Å². The van der Waals surface area contributed by atoms with Crippen molar-refractivity contribution in [3.63, 3.8) is 0 Å². The highest BCUT2D eigenvalue weighted by molar-refractivity contribution is 5.90. The van der Waals surface area contributed by atoms with Crippen LogP contribution in [-0.2, 0) is 0 Å². The number of hydrogen-bond acceptors (Lipinski definition) is 1. The Hall–Kier alpha value is -1.18. The molecule has 1 nitrogen and oxygen atoms in total. The number of benzene rings is 1. The van der Waals surface area contributed by atoms with E-state index < -0.39 is 6.04 Å². The maximum Gasteiger partial charge on any atom is 0.332 e. The summed E-state index contributed by atoms with van der Waals surface area (Å²) in [6.45, 7) is 0. The van der Waals surface area contributed by atoms with E-state index in [2.05, 4.69) is 0 Å². The molecule has 0 amide bonds. The summed E-state index contributed by atoms with van der Waals surface area (Å²) in [5.74, 6) is 0.431. The molecule has 62 valence electrons. The predicted octanol–water partition coefficient (Wildman–Crippen LogP) is 2.67. The minimum Gasteiger partial charge on any atom is -0.255 e. The largest absolute Gasteiger partial charge is 0.332 e. The highest BCUT2D eigenvalue weighted by atomic mass is 19.1. The minimum atomic E-state index is -1.31. The van der Waals surface area contributed by atoms with E-state index in [0.29, 0.717) is 5.92 Å². The molecule has 1 aliphatic rings. The fourth-order valence-corrected chi connectivity index (χ4v) is 1.43. The van der Waals surface area contributed by atoms with E-state index in [1.54, 1.807) is 12.1 Å². The van der Waals surface area contributed by atoms with Crippen LogP contribution in [0.4, 0.5) is 4.39 Å². The summed E-state index contributed by atoms with van der Waals surface area (Å²) in [5, 5.41) is 0. The maximum atomic E-state index is 12.4. The zero-order valence-electron chi connectivity index (χ0n) is 6.59. The minimum absolute atomic E-state index is 0.250. The van der Waals surface area contributed by atoms with Gasteiger partial charge in [-0.05, 0) is 30.4 Å². The first kappa shape index (κ1) is 7.47. The van der Waals surface area contributed by atoms with Gasteiger partial charge in [-0.3, -0.25) is 4.79 Å². The molecule has 2 rings (SSSR count). The molecule has 0 heterocycles. The second-order valence-electron chi connectivity index (χ2n) is 3.14. The molecule has 1 saturated carbocycles. The van der Waals surface area contributed by atoms with E-state index in [1.807, 2.05) is 12.1 Å². The van der Waals surface area contributed by atoms with Crippen LogP contribution in [0.2, 0.25) is 0 Å². The maximum absolute atomic E-state index is 12.4. The molecule has 0 radical (unpaired) electrons. The second-order valence-corrected chi connectivity index (χ2v) is 3.14. The van der Waals surface area contributed by atoms with Crippen LogP contribution in [-0.4, -0.2) is 6.04 Å². The molecule has 12 heavy (non-hydrogen) atoms. The summed E-state index contributed by atoms with van der Waals surface area (Å²) in [4.78, 5) is 10.5. The van der Waals surface area contributed by atoms with Gasteiger partial charge < -0.3 is 0 Å². The third kappa shape index (κ3) is 1.24. The number of rotatable bonds is 2. The molecule has 0 unspecified atom stereocenters. The Morgan fingerprint density at radius 3 is 2.58 bits per heavy atom. The lowest BCUT2D eigenvalue weighted by molar-refractivity contribution is 0.0835. The van der Waals surface area contributed by atoms with Gasteiger partial charge in [-0.25, -0.2) is 0 Å². The third-order valence-corrected chi connectivity index (χ3v) is 2.19. The Morgan fingerprint density at radius 2 is 2.00 bits per heavy atom. The summed E-state index contributed by atoms with van der Waals surface area (Å²) in [6, 6.07) is 5.62. The van der Waals surface area contributed by atoms with Crippen molar-refractivity contribution in [1.29, 1.82) is 0 Å². The smallest absolute Gasteiger partial charge is 0.255 e. The van der Waals surface area contributed by atoms with Gasteiger partial charge in [0.2, 0.25) is 0 Å².